The van der Waals surface area contributed by atoms with Crippen LogP contribution in [0.15, 0.2) is 12.7 Å². The third kappa shape index (κ3) is 7.55. The second-order valence-corrected chi connectivity index (χ2v) is 7.60. The molecule has 1 N–H and O–H groups in total. The molecule has 102 valence electrons. The zero-order chi connectivity index (χ0) is 13.5. The van der Waals surface area contributed by atoms with E-state index in [1.165, 1.54) is 0 Å². The zero-order valence-electron chi connectivity index (χ0n) is 11.6. The molecular formula is C13H27NO2S. The van der Waals surface area contributed by atoms with Gasteiger partial charge in [-0.15, -0.1) is 6.58 Å². The lowest BCUT2D eigenvalue weighted by Gasteiger charge is -2.27. The molecule has 0 aliphatic carbocycles. The highest BCUT2D eigenvalue weighted by atomic mass is 32.2. The van der Waals surface area contributed by atoms with Crippen molar-refractivity contribution >= 4 is 9.84 Å². The van der Waals surface area contributed by atoms with Crippen LogP contribution in [0.25, 0.3) is 0 Å². The van der Waals surface area contributed by atoms with E-state index in [0.717, 1.165) is 6.54 Å². The molecule has 0 rings (SSSR count). The molecule has 0 aromatic carbocycles. The average molecular weight is 261 g/mol. The Morgan fingerprint density at radius 3 is 2.35 bits per heavy atom. The van der Waals surface area contributed by atoms with Gasteiger partial charge in [0.05, 0.1) is 5.75 Å². The summed E-state index contributed by atoms with van der Waals surface area (Å²) in [4.78, 5) is 0. The van der Waals surface area contributed by atoms with Crippen LogP contribution in [-0.2, 0) is 9.84 Å². The van der Waals surface area contributed by atoms with E-state index in [4.69, 9.17) is 0 Å². The maximum Gasteiger partial charge on any atom is 0.150 e. The molecule has 0 radical (unpaired) electrons. The van der Waals surface area contributed by atoms with Crippen LogP contribution in [0.4, 0.5) is 0 Å². The van der Waals surface area contributed by atoms with Gasteiger partial charge >= 0.3 is 0 Å². The maximum atomic E-state index is 11.7. The van der Waals surface area contributed by atoms with Crippen LogP contribution >= 0.6 is 0 Å². The van der Waals surface area contributed by atoms with Crippen LogP contribution in [0.3, 0.4) is 0 Å². The molecule has 4 heteroatoms. The van der Waals surface area contributed by atoms with Crippen LogP contribution < -0.4 is 5.32 Å². The molecule has 0 aromatic heterocycles. The summed E-state index contributed by atoms with van der Waals surface area (Å²) in [5.74, 6) is 0.543. The van der Waals surface area contributed by atoms with Crippen molar-refractivity contribution in [2.24, 2.45) is 5.41 Å². The molecule has 0 amide bonds. The molecule has 0 aliphatic heterocycles. The summed E-state index contributed by atoms with van der Waals surface area (Å²) in [6.45, 7) is 12.7. The predicted molar refractivity (Wildman–Crippen MR) is 75.0 cm³/mol. The number of hydrogen-bond donors (Lipinski definition) is 1. The van der Waals surface area contributed by atoms with Gasteiger partial charge in [-0.1, -0.05) is 33.8 Å². The largest absolute Gasteiger partial charge is 0.314 e. The average Bonchev–Trinajstić information content (AvgIpc) is 2.24. The quantitative estimate of drug-likeness (QED) is 0.648. The minimum absolute atomic E-state index is 0.148. The highest BCUT2D eigenvalue weighted by Gasteiger charge is 2.23. The fraction of sp³-hybridized carbons (Fsp3) is 0.846. The summed E-state index contributed by atoms with van der Waals surface area (Å²) in [6.07, 6.45) is 3.19. The molecule has 0 aliphatic rings. The van der Waals surface area contributed by atoms with Gasteiger partial charge in [-0.05, 0) is 18.3 Å². The summed E-state index contributed by atoms with van der Waals surface area (Å²) in [7, 11) is -2.89. The second-order valence-electron chi connectivity index (χ2n) is 5.30. The van der Waals surface area contributed by atoms with Gasteiger partial charge in [0.25, 0.3) is 0 Å². The van der Waals surface area contributed by atoms with E-state index < -0.39 is 9.84 Å². The predicted octanol–water partition coefficient (Wildman–Crippen LogP) is 2.39. The van der Waals surface area contributed by atoms with Crippen molar-refractivity contribution in [3.05, 3.63) is 12.7 Å². The monoisotopic (exact) mass is 261 g/mol. The Labute approximate surface area is 107 Å². The van der Waals surface area contributed by atoms with E-state index in [1.807, 2.05) is 13.0 Å². The first-order valence-corrected chi connectivity index (χ1v) is 8.14. The van der Waals surface area contributed by atoms with Crippen LogP contribution in [-0.4, -0.2) is 32.5 Å². The van der Waals surface area contributed by atoms with E-state index in [1.54, 1.807) is 0 Å². The van der Waals surface area contributed by atoms with Gasteiger partial charge in [0.2, 0.25) is 0 Å². The molecule has 0 bridgehead atoms. The van der Waals surface area contributed by atoms with E-state index in [9.17, 15) is 8.42 Å². The summed E-state index contributed by atoms with van der Waals surface area (Å²) in [5.41, 5.74) is -0.148. The molecule has 0 spiro atoms. The smallest absolute Gasteiger partial charge is 0.150 e. The van der Waals surface area contributed by atoms with Crippen LogP contribution in [0.2, 0.25) is 0 Å². The van der Waals surface area contributed by atoms with Crippen LogP contribution in [0, 0.1) is 5.41 Å². The normalized spacial score (nSPS) is 15.8. The van der Waals surface area contributed by atoms with Crippen LogP contribution in [0.1, 0.15) is 40.5 Å². The van der Waals surface area contributed by atoms with Gasteiger partial charge in [-0.2, -0.15) is 0 Å². The molecule has 0 heterocycles. The van der Waals surface area contributed by atoms with Crippen molar-refractivity contribution in [1.29, 1.82) is 0 Å². The second kappa shape index (κ2) is 7.17. The summed E-state index contributed by atoms with van der Waals surface area (Å²) in [6, 6.07) is 0.404. The molecule has 1 atom stereocenters. The van der Waals surface area contributed by atoms with E-state index in [-0.39, 0.29) is 16.9 Å². The molecule has 0 fully saturated rings. The number of sulfone groups is 1. The van der Waals surface area contributed by atoms with Crippen molar-refractivity contribution in [2.75, 3.05) is 18.1 Å². The standard InChI is InChI=1S/C13H27NO2S/c1-6-9-17(15,16)10-8-13(5,7-2)11-14-12(3)4/h7,12,14H,2,6,8-11H2,1,3-5H3. The summed E-state index contributed by atoms with van der Waals surface area (Å²) in [5, 5.41) is 3.34. The lowest BCUT2D eigenvalue weighted by atomic mass is 9.87. The first-order valence-electron chi connectivity index (χ1n) is 6.32. The molecule has 0 saturated heterocycles. The van der Waals surface area contributed by atoms with Crippen molar-refractivity contribution in [1.82, 2.24) is 5.32 Å². The van der Waals surface area contributed by atoms with Crippen molar-refractivity contribution in [3.63, 3.8) is 0 Å². The Morgan fingerprint density at radius 1 is 1.35 bits per heavy atom. The van der Waals surface area contributed by atoms with Crippen molar-refractivity contribution < 1.29 is 8.42 Å². The van der Waals surface area contributed by atoms with Gasteiger partial charge in [0, 0.05) is 18.3 Å². The number of hydrogen-bond acceptors (Lipinski definition) is 3. The molecule has 17 heavy (non-hydrogen) atoms. The summed E-state index contributed by atoms with van der Waals surface area (Å²) >= 11 is 0. The minimum atomic E-state index is -2.89. The Bertz CT molecular complexity index is 322. The van der Waals surface area contributed by atoms with Crippen LogP contribution in [0.5, 0.6) is 0 Å². The van der Waals surface area contributed by atoms with E-state index in [0.29, 0.717) is 18.9 Å². The highest BCUT2D eigenvalue weighted by Crippen LogP contribution is 2.23. The van der Waals surface area contributed by atoms with E-state index in [2.05, 4.69) is 32.7 Å². The maximum absolute atomic E-state index is 11.7. The molecule has 3 nitrogen and oxygen atoms in total. The number of rotatable bonds is 9. The Kier molecular flexibility index (Phi) is 7.02. The Morgan fingerprint density at radius 2 is 1.94 bits per heavy atom. The van der Waals surface area contributed by atoms with Crippen molar-refractivity contribution in [3.8, 4) is 0 Å². The van der Waals surface area contributed by atoms with E-state index >= 15 is 0 Å². The fourth-order valence-electron chi connectivity index (χ4n) is 1.50. The fourth-order valence-corrected chi connectivity index (χ4v) is 3.11. The first kappa shape index (κ1) is 16.6. The minimum Gasteiger partial charge on any atom is -0.314 e. The lowest BCUT2D eigenvalue weighted by Crippen LogP contribution is -2.35. The topological polar surface area (TPSA) is 46.2 Å². The SMILES string of the molecule is C=CC(C)(CCS(=O)(=O)CCC)CNC(C)C. The highest BCUT2D eigenvalue weighted by molar-refractivity contribution is 7.91. The molecular weight excluding hydrogens is 234 g/mol. The van der Waals surface area contributed by atoms with Gasteiger partial charge in [-0.25, -0.2) is 8.42 Å². The van der Waals surface area contributed by atoms with Gasteiger partial charge in [0.1, 0.15) is 9.84 Å². The molecule has 0 saturated carbocycles. The van der Waals surface area contributed by atoms with Gasteiger partial charge < -0.3 is 5.32 Å². The summed E-state index contributed by atoms with van der Waals surface area (Å²) < 4.78 is 23.4. The Balaban J connectivity index is 4.34. The van der Waals surface area contributed by atoms with Gasteiger partial charge in [-0.3, -0.25) is 0 Å². The third-order valence-electron chi connectivity index (χ3n) is 2.91. The zero-order valence-corrected chi connectivity index (χ0v) is 12.4. The third-order valence-corrected chi connectivity index (χ3v) is 4.76. The van der Waals surface area contributed by atoms with Crippen molar-refractivity contribution in [2.45, 2.75) is 46.6 Å². The molecule has 0 aromatic rings. The lowest BCUT2D eigenvalue weighted by molar-refractivity contribution is 0.364. The first-order chi connectivity index (χ1) is 7.74. The van der Waals surface area contributed by atoms with Gasteiger partial charge in [0.15, 0.2) is 0 Å². The molecule has 1 unspecified atom stereocenters. The number of nitrogens with one attached hydrogen (secondary N) is 1. The Hall–Kier alpha value is -0.350.